The van der Waals surface area contributed by atoms with Crippen molar-refractivity contribution in [2.24, 2.45) is 0 Å². The maximum absolute atomic E-state index is 13.4. The number of nitrogens with zero attached hydrogens (tertiary/aromatic N) is 2. The summed E-state index contributed by atoms with van der Waals surface area (Å²) >= 11 is 0. The molecule has 2 amide bonds. The van der Waals surface area contributed by atoms with Crippen LogP contribution in [0.25, 0.3) is 10.9 Å². The van der Waals surface area contributed by atoms with Crippen LogP contribution in [0, 0.1) is 0 Å². The van der Waals surface area contributed by atoms with Crippen molar-refractivity contribution in [3.05, 3.63) is 65.9 Å². The summed E-state index contributed by atoms with van der Waals surface area (Å²) in [4.78, 5) is 24.3. The number of carbonyl (C=O) groups is 2. The fourth-order valence-electron chi connectivity index (χ4n) is 5.38. The molecule has 6 nitrogen and oxygen atoms in total. The van der Waals surface area contributed by atoms with Gasteiger partial charge in [0.05, 0.1) is 0 Å². The lowest BCUT2D eigenvalue weighted by Crippen LogP contribution is -2.52. The first-order valence-corrected chi connectivity index (χ1v) is 11.1. The van der Waals surface area contributed by atoms with Gasteiger partial charge in [-0.15, -0.1) is 0 Å². The smallest absolute Gasteiger partial charge is 0.363 e. The van der Waals surface area contributed by atoms with Crippen molar-refractivity contribution in [1.82, 2.24) is 14.8 Å². The molecule has 1 saturated heterocycles. The number of likely N-dealkylation sites (tertiary alicyclic amines) is 1. The van der Waals surface area contributed by atoms with Gasteiger partial charge in [0.2, 0.25) is 0 Å². The van der Waals surface area contributed by atoms with Gasteiger partial charge in [-0.3, -0.25) is 9.59 Å². The molecule has 12 heteroatoms. The summed E-state index contributed by atoms with van der Waals surface area (Å²) in [5.41, 5.74) is 1.50. The van der Waals surface area contributed by atoms with Gasteiger partial charge in [0.1, 0.15) is 11.7 Å². The van der Waals surface area contributed by atoms with Crippen LogP contribution < -0.4 is 10.6 Å². The second-order valence-corrected chi connectivity index (χ2v) is 8.81. The summed E-state index contributed by atoms with van der Waals surface area (Å²) in [5.74, 6) is -3.99. The van der Waals surface area contributed by atoms with Crippen molar-refractivity contribution in [2.45, 2.75) is 36.9 Å². The lowest BCUT2D eigenvalue weighted by molar-refractivity contribution is -0.186. The fraction of sp³-hybridized carbons (Fsp3) is 0.333. The van der Waals surface area contributed by atoms with Gasteiger partial charge in [-0.25, -0.2) is 0 Å². The molecule has 1 aromatic heterocycles. The molecule has 2 aliphatic rings. The third kappa shape index (κ3) is 3.66. The molecule has 190 valence electrons. The average Bonchev–Trinajstić information content (AvgIpc) is 3.46. The Morgan fingerprint density at radius 3 is 2.42 bits per heavy atom. The zero-order valence-corrected chi connectivity index (χ0v) is 18.6. The number of amides is 2. The van der Waals surface area contributed by atoms with Gasteiger partial charge in [-0.1, -0.05) is 36.4 Å². The summed E-state index contributed by atoms with van der Waals surface area (Å²) < 4.78 is 79.8. The topological polar surface area (TPSA) is 66.4 Å². The minimum absolute atomic E-state index is 0.0658. The highest BCUT2D eigenvalue weighted by atomic mass is 19.4. The molecule has 2 aliphatic heterocycles. The van der Waals surface area contributed by atoms with Gasteiger partial charge in [0.15, 0.2) is 0 Å². The SMILES string of the molecule is O=C(NCCc1cn([C@]23CCN(C(=O)C(F)(F)F)[C@H]2Nc2ccccc23)c2ccccc12)C(F)(F)F. The molecular formula is C24H20F6N4O2. The predicted molar refractivity (Wildman–Crippen MR) is 118 cm³/mol. The van der Waals surface area contributed by atoms with Gasteiger partial charge >= 0.3 is 24.2 Å². The molecule has 5 rings (SSSR count). The Morgan fingerprint density at radius 2 is 1.69 bits per heavy atom. The summed E-state index contributed by atoms with van der Waals surface area (Å²) in [5, 5.41) is 5.63. The van der Waals surface area contributed by atoms with Gasteiger partial charge in [-0.05, 0) is 30.5 Å². The maximum atomic E-state index is 13.4. The molecular weight excluding hydrogens is 490 g/mol. The Morgan fingerprint density at radius 1 is 1.00 bits per heavy atom. The van der Waals surface area contributed by atoms with Crippen molar-refractivity contribution in [3.63, 3.8) is 0 Å². The summed E-state index contributed by atoms with van der Waals surface area (Å²) in [6.07, 6.45) is -9.13. The normalized spacial score (nSPS) is 21.3. The number of benzene rings is 2. The van der Waals surface area contributed by atoms with E-state index in [-0.39, 0.29) is 25.9 Å². The number of fused-ring (bicyclic) bond motifs is 4. The number of hydrogen-bond donors (Lipinski definition) is 2. The van der Waals surface area contributed by atoms with Crippen molar-refractivity contribution < 1.29 is 35.9 Å². The van der Waals surface area contributed by atoms with Crippen LogP contribution >= 0.6 is 0 Å². The second-order valence-electron chi connectivity index (χ2n) is 8.81. The lowest BCUT2D eigenvalue weighted by atomic mass is 9.88. The highest BCUT2D eigenvalue weighted by Gasteiger charge is 2.60. The van der Waals surface area contributed by atoms with Crippen LogP contribution in [0.3, 0.4) is 0 Å². The van der Waals surface area contributed by atoms with Crippen LogP contribution in [0.2, 0.25) is 0 Å². The van der Waals surface area contributed by atoms with E-state index < -0.39 is 35.9 Å². The van der Waals surface area contributed by atoms with Crippen LogP contribution in [0.4, 0.5) is 32.0 Å². The zero-order valence-electron chi connectivity index (χ0n) is 18.6. The number of halogens is 6. The minimum Gasteiger partial charge on any atom is -0.363 e. The number of nitrogens with one attached hydrogen (secondary N) is 2. The summed E-state index contributed by atoms with van der Waals surface area (Å²) in [7, 11) is 0. The molecule has 2 atom stereocenters. The highest BCUT2D eigenvalue weighted by Crippen LogP contribution is 2.51. The number of carbonyl (C=O) groups excluding carboxylic acids is 2. The fourth-order valence-corrected chi connectivity index (χ4v) is 5.38. The van der Waals surface area contributed by atoms with Crippen LogP contribution in [-0.4, -0.2) is 52.9 Å². The molecule has 3 aromatic rings. The molecule has 0 bridgehead atoms. The van der Waals surface area contributed by atoms with Gasteiger partial charge in [0, 0.05) is 41.4 Å². The first kappa shape index (κ1) is 24.0. The van der Waals surface area contributed by atoms with E-state index in [2.05, 4.69) is 5.32 Å². The number of alkyl halides is 6. The average molecular weight is 510 g/mol. The first-order valence-electron chi connectivity index (χ1n) is 11.1. The second kappa shape index (κ2) is 8.17. The van der Waals surface area contributed by atoms with Crippen LogP contribution in [0.15, 0.2) is 54.7 Å². The Bertz CT molecular complexity index is 1350. The maximum Gasteiger partial charge on any atom is 0.471 e. The van der Waals surface area contributed by atoms with E-state index in [4.69, 9.17) is 0 Å². The molecule has 0 saturated carbocycles. The van der Waals surface area contributed by atoms with E-state index in [1.54, 1.807) is 54.7 Å². The van der Waals surface area contributed by atoms with Crippen molar-refractivity contribution >= 4 is 28.4 Å². The summed E-state index contributed by atoms with van der Waals surface area (Å²) in [6, 6.07) is 14.1. The molecule has 0 radical (unpaired) electrons. The van der Waals surface area contributed by atoms with Crippen molar-refractivity contribution in [1.29, 1.82) is 0 Å². The minimum atomic E-state index is -5.05. The van der Waals surface area contributed by atoms with E-state index in [9.17, 15) is 35.9 Å². The lowest BCUT2D eigenvalue weighted by Gasteiger charge is -2.35. The molecule has 36 heavy (non-hydrogen) atoms. The Kier molecular flexibility index (Phi) is 5.45. The third-order valence-corrected chi connectivity index (χ3v) is 6.85. The Balaban J connectivity index is 1.59. The van der Waals surface area contributed by atoms with Crippen LogP contribution in [0.1, 0.15) is 17.5 Å². The molecule has 2 N–H and O–H groups in total. The first-order chi connectivity index (χ1) is 16.9. The number of para-hydroxylation sites is 2. The zero-order chi connectivity index (χ0) is 25.9. The van der Waals surface area contributed by atoms with Crippen LogP contribution in [0.5, 0.6) is 0 Å². The standard InChI is InChI=1S/C24H20F6N4O2/c25-23(26,27)20(35)31-11-9-14-13-34(18-8-4-1-5-15(14)18)22-10-12-33(21(36)24(28,29)30)19(22)32-17-7-3-2-6-16(17)22/h1-8,13,19,32H,9-12H2,(H,31,35)/t19-,22+/m1/s1. The van der Waals surface area contributed by atoms with Crippen molar-refractivity contribution in [3.8, 4) is 0 Å². The summed E-state index contributed by atoms with van der Waals surface area (Å²) in [6.45, 7) is -0.426. The number of hydrogen-bond acceptors (Lipinski definition) is 3. The number of rotatable bonds is 4. The van der Waals surface area contributed by atoms with Crippen molar-refractivity contribution in [2.75, 3.05) is 18.4 Å². The predicted octanol–water partition coefficient (Wildman–Crippen LogP) is 4.15. The van der Waals surface area contributed by atoms with E-state index in [0.29, 0.717) is 27.7 Å². The Hall–Kier alpha value is -3.70. The molecule has 0 unspecified atom stereocenters. The molecule has 2 aromatic carbocycles. The van der Waals surface area contributed by atoms with E-state index in [1.165, 1.54) is 0 Å². The van der Waals surface area contributed by atoms with E-state index in [1.807, 2.05) is 9.88 Å². The molecule has 0 aliphatic carbocycles. The Labute approximate surface area is 200 Å². The van der Waals surface area contributed by atoms with Gasteiger partial charge in [-0.2, -0.15) is 26.3 Å². The van der Waals surface area contributed by atoms with E-state index >= 15 is 0 Å². The number of aromatic nitrogens is 1. The van der Waals surface area contributed by atoms with Gasteiger partial charge in [0.25, 0.3) is 0 Å². The third-order valence-electron chi connectivity index (χ3n) is 6.85. The van der Waals surface area contributed by atoms with E-state index in [0.717, 1.165) is 4.90 Å². The molecule has 1 fully saturated rings. The monoisotopic (exact) mass is 510 g/mol. The molecule has 3 heterocycles. The highest BCUT2D eigenvalue weighted by molar-refractivity contribution is 5.87. The molecule has 0 spiro atoms. The van der Waals surface area contributed by atoms with Gasteiger partial charge < -0.3 is 20.1 Å². The largest absolute Gasteiger partial charge is 0.471 e. The van der Waals surface area contributed by atoms with Crippen LogP contribution in [-0.2, 0) is 21.5 Å². The quantitative estimate of drug-likeness (QED) is 0.519. The number of anilines is 1.